The van der Waals surface area contributed by atoms with Gasteiger partial charge >= 0.3 is 0 Å². The molecule has 0 bridgehead atoms. The van der Waals surface area contributed by atoms with Gasteiger partial charge in [-0.25, -0.2) is 0 Å². The molecule has 1 aliphatic rings. The smallest absolute Gasteiger partial charge is 0.242 e. The molecule has 3 N–H and O–H groups in total. The predicted octanol–water partition coefficient (Wildman–Crippen LogP) is 2.86. The highest BCUT2D eigenvalue weighted by molar-refractivity contribution is 8.00. The molecular weight excluding hydrogens is 264 g/mol. The van der Waals surface area contributed by atoms with Gasteiger partial charge in [0.05, 0.1) is 10.9 Å². The number of hydrogen-bond donors (Lipinski definition) is 2. The molecule has 0 spiro atoms. The minimum Gasteiger partial charge on any atom is -0.324 e. The summed E-state index contributed by atoms with van der Waals surface area (Å²) >= 11 is 3.29. The van der Waals surface area contributed by atoms with Gasteiger partial charge in [0.25, 0.3) is 0 Å². The summed E-state index contributed by atoms with van der Waals surface area (Å²) in [5, 5.41) is 4.88. The molecule has 18 heavy (non-hydrogen) atoms. The summed E-state index contributed by atoms with van der Waals surface area (Å²) in [6, 6.07) is 11.3. The third kappa shape index (κ3) is 2.05. The zero-order valence-corrected chi connectivity index (χ0v) is 11.1. The second kappa shape index (κ2) is 4.76. The number of carbonyl (C=O) groups excluding carboxylic acids is 1. The summed E-state index contributed by atoms with van der Waals surface area (Å²) in [6.07, 6.45) is 0. The van der Waals surface area contributed by atoms with Gasteiger partial charge in [0.1, 0.15) is 6.04 Å². The van der Waals surface area contributed by atoms with E-state index in [4.69, 9.17) is 5.73 Å². The fourth-order valence-electron chi connectivity index (χ4n) is 1.92. The molecule has 92 valence electrons. The van der Waals surface area contributed by atoms with E-state index in [-0.39, 0.29) is 11.2 Å². The number of hydrogen-bond acceptors (Lipinski definition) is 4. The number of rotatable bonds is 1. The monoisotopic (exact) mass is 276 g/mol. The lowest BCUT2D eigenvalue weighted by Crippen LogP contribution is -2.38. The van der Waals surface area contributed by atoms with Crippen LogP contribution in [0.5, 0.6) is 0 Å². The summed E-state index contributed by atoms with van der Waals surface area (Å²) in [5.74, 6) is -0.120. The zero-order valence-electron chi connectivity index (χ0n) is 9.50. The molecule has 5 heteroatoms. The molecule has 3 rings (SSSR count). The Hall–Kier alpha value is -1.30. The summed E-state index contributed by atoms with van der Waals surface area (Å²) in [7, 11) is 0. The zero-order chi connectivity index (χ0) is 12.5. The molecule has 2 aromatic rings. The summed E-state index contributed by atoms with van der Waals surface area (Å²) in [6.45, 7) is 0. The average Bonchev–Trinajstić information content (AvgIpc) is 2.86. The van der Waals surface area contributed by atoms with Gasteiger partial charge in [0.15, 0.2) is 0 Å². The van der Waals surface area contributed by atoms with E-state index < -0.39 is 6.04 Å². The van der Waals surface area contributed by atoms with Crippen molar-refractivity contribution in [1.82, 2.24) is 0 Å². The molecule has 0 fully saturated rings. The van der Waals surface area contributed by atoms with Crippen LogP contribution in [0.4, 0.5) is 5.69 Å². The molecular formula is C13H12N2OS2. The maximum Gasteiger partial charge on any atom is 0.242 e. The van der Waals surface area contributed by atoms with Crippen molar-refractivity contribution in [3.05, 3.63) is 46.7 Å². The third-order valence-corrected chi connectivity index (χ3v) is 5.37. The maximum atomic E-state index is 12.0. The van der Waals surface area contributed by atoms with Crippen molar-refractivity contribution in [2.24, 2.45) is 5.73 Å². The van der Waals surface area contributed by atoms with Crippen molar-refractivity contribution in [3.8, 4) is 0 Å². The first-order chi connectivity index (χ1) is 8.75. The number of fused-ring (bicyclic) bond motifs is 1. The van der Waals surface area contributed by atoms with E-state index in [2.05, 4.69) is 5.32 Å². The van der Waals surface area contributed by atoms with Crippen LogP contribution in [0.3, 0.4) is 0 Å². The highest BCUT2D eigenvalue weighted by atomic mass is 32.2. The fourth-order valence-corrected chi connectivity index (χ4v) is 4.13. The van der Waals surface area contributed by atoms with Crippen LogP contribution >= 0.6 is 23.1 Å². The van der Waals surface area contributed by atoms with E-state index in [0.717, 1.165) is 15.5 Å². The molecule has 3 nitrogen and oxygen atoms in total. The van der Waals surface area contributed by atoms with Crippen LogP contribution in [0.25, 0.3) is 0 Å². The number of thioether (sulfide) groups is 1. The highest BCUT2D eigenvalue weighted by Gasteiger charge is 2.31. The molecule has 2 heterocycles. The Morgan fingerprint density at radius 3 is 2.78 bits per heavy atom. The molecule has 1 aromatic heterocycles. The molecule has 2 unspecified atom stereocenters. The number of para-hydroxylation sites is 1. The first kappa shape index (κ1) is 11.8. The molecule has 0 radical (unpaired) electrons. The Balaban J connectivity index is 2.03. The van der Waals surface area contributed by atoms with Crippen molar-refractivity contribution in [3.63, 3.8) is 0 Å². The van der Waals surface area contributed by atoms with E-state index in [1.165, 1.54) is 0 Å². The average molecular weight is 276 g/mol. The Kier molecular flexibility index (Phi) is 3.11. The number of anilines is 1. The Bertz CT molecular complexity index is 568. The normalized spacial score (nSPS) is 23.1. The Morgan fingerprint density at radius 1 is 1.17 bits per heavy atom. The topological polar surface area (TPSA) is 55.1 Å². The number of thiophene rings is 1. The predicted molar refractivity (Wildman–Crippen MR) is 76.0 cm³/mol. The molecule has 1 aromatic carbocycles. The minimum atomic E-state index is -0.527. The van der Waals surface area contributed by atoms with E-state index >= 15 is 0 Å². The van der Waals surface area contributed by atoms with Gasteiger partial charge in [0, 0.05) is 9.77 Å². The summed E-state index contributed by atoms with van der Waals surface area (Å²) in [5.41, 5.74) is 6.92. The molecule has 1 amide bonds. The third-order valence-electron chi connectivity index (χ3n) is 2.85. The van der Waals surface area contributed by atoms with Gasteiger partial charge in [-0.15, -0.1) is 23.1 Å². The highest BCUT2D eigenvalue weighted by Crippen LogP contribution is 2.44. The van der Waals surface area contributed by atoms with E-state index in [9.17, 15) is 4.79 Å². The van der Waals surface area contributed by atoms with Crippen molar-refractivity contribution in [1.29, 1.82) is 0 Å². The van der Waals surface area contributed by atoms with Crippen LogP contribution in [-0.4, -0.2) is 11.9 Å². The second-order valence-electron chi connectivity index (χ2n) is 4.07. The van der Waals surface area contributed by atoms with Gasteiger partial charge < -0.3 is 11.1 Å². The van der Waals surface area contributed by atoms with E-state index in [0.29, 0.717) is 0 Å². The molecule has 0 saturated heterocycles. The lowest BCUT2D eigenvalue weighted by molar-refractivity contribution is -0.117. The largest absolute Gasteiger partial charge is 0.324 e. The van der Waals surface area contributed by atoms with Gasteiger partial charge in [-0.3, -0.25) is 4.79 Å². The van der Waals surface area contributed by atoms with Crippen molar-refractivity contribution < 1.29 is 4.79 Å². The fraction of sp³-hybridized carbons (Fsp3) is 0.154. The number of nitrogens with one attached hydrogen (secondary N) is 1. The van der Waals surface area contributed by atoms with Crippen LogP contribution in [0.2, 0.25) is 0 Å². The molecule has 0 aliphatic carbocycles. The maximum absolute atomic E-state index is 12.0. The Morgan fingerprint density at radius 2 is 2.00 bits per heavy atom. The number of benzene rings is 1. The van der Waals surface area contributed by atoms with Gasteiger partial charge in [-0.05, 0) is 23.6 Å². The summed E-state index contributed by atoms with van der Waals surface area (Å²) < 4.78 is 0. The first-order valence-corrected chi connectivity index (χ1v) is 7.37. The number of carbonyl (C=O) groups is 1. The van der Waals surface area contributed by atoms with Crippen LogP contribution < -0.4 is 11.1 Å². The van der Waals surface area contributed by atoms with Crippen LogP contribution in [0.1, 0.15) is 10.1 Å². The van der Waals surface area contributed by atoms with Gasteiger partial charge in [-0.2, -0.15) is 0 Å². The lowest BCUT2D eigenvalue weighted by Gasteiger charge is -2.17. The second-order valence-corrected chi connectivity index (χ2v) is 6.23. The SMILES string of the molecule is NC1C(=O)Nc2ccccc2SC1c1cccs1. The standard InChI is InChI=1S/C13H12N2OS2/c14-11-12(10-6-3-7-17-10)18-9-5-2-1-4-8(9)15-13(11)16/h1-7,11-12H,14H2,(H,15,16). The molecule has 2 atom stereocenters. The lowest BCUT2D eigenvalue weighted by atomic mass is 10.1. The van der Waals surface area contributed by atoms with Gasteiger partial charge in [-0.1, -0.05) is 18.2 Å². The molecule has 1 aliphatic heterocycles. The van der Waals surface area contributed by atoms with Crippen molar-refractivity contribution in [2.45, 2.75) is 16.2 Å². The van der Waals surface area contributed by atoms with Crippen molar-refractivity contribution in [2.75, 3.05) is 5.32 Å². The van der Waals surface area contributed by atoms with E-state index in [1.807, 2.05) is 41.8 Å². The van der Waals surface area contributed by atoms with Crippen LogP contribution in [0.15, 0.2) is 46.7 Å². The Labute approximate surface area is 113 Å². The number of nitrogens with two attached hydrogens (primary N) is 1. The van der Waals surface area contributed by atoms with Crippen LogP contribution in [0, 0.1) is 0 Å². The first-order valence-electron chi connectivity index (χ1n) is 5.61. The number of amides is 1. The minimum absolute atomic E-state index is 0.0198. The van der Waals surface area contributed by atoms with E-state index in [1.54, 1.807) is 23.1 Å². The quantitative estimate of drug-likeness (QED) is 0.842. The molecule has 0 saturated carbocycles. The van der Waals surface area contributed by atoms with Gasteiger partial charge in [0.2, 0.25) is 5.91 Å². The van der Waals surface area contributed by atoms with Crippen LogP contribution in [-0.2, 0) is 4.79 Å². The van der Waals surface area contributed by atoms with Crippen molar-refractivity contribution >= 4 is 34.7 Å². The summed E-state index contributed by atoms with van der Waals surface area (Å²) in [4.78, 5) is 14.2.